The van der Waals surface area contributed by atoms with Gasteiger partial charge >= 0.3 is 6.18 Å². The predicted octanol–water partition coefficient (Wildman–Crippen LogP) is 5.25. The van der Waals surface area contributed by atoms with Crippen molar-refractivity contribution in [3.05, 3.63) is 35.1 Å². The second-order valence-electron chi connectivity index (χ2n) is 9.30. The first kappa shape index (κ1) is 21.6. The fourth-order valence-corrected chi connectivity index (χ4v) is 6.26. The summed E-state index contributed by atoms with van der Waals surface area (Å²) in [5.41, 5.74) is -0.170. The molecule has 32 heavy (non-hydrogen) atoms. The standard InChI is InChI=1S/C22H24ClF3N4O2/c1-32-17-6-14(28-18-12-4-11-5-13(18)9-21(31,7-11)8-12)2-3-16(17)29-20-27-10-15(19(23)30-20)22(24,25)26/h2-3,6,10-13,18,28,31H,4-5,7-9H2,1H3,(H,27,29,30). The van der Waals surface area contributed by atoms with E-state index in [0.29, 0.717) is 41.4 Å². The van der Waals surface area contributed by atoms with E-state index >= 15 is 0 Å². The van der Waals surface area contributed by atoms with Crippen molar-refractivity contribution in [3.8, 4) is 5.75 Å². The van der Waals surface area contributed by atoms with Gasteiger partial charge < -0.3 is 20.5 Å². The van der Waals surface area contributed by atoms with Crippen LogP contribution in [0.3, 0.4) is 0 Å². The number of methoxy groups -OCH3 is 1. The quantitative estimate of drug-likeness (QED) is 0.520. The second kappa shape index (κ2) is 7.66. The summed E-state index contributed by atoms with van der Waals surface area (Å²) in [6, 6.07) is 5.80. The maximum absolute atomic E-state index is 12.9. The van der Waals surface area contributed by atoms with E-state index in [1.807, 2.05) is 12.1 Å². The van der Waals surface area contributed by atoms with Crippen LogP contribution in [0.4, 0.5) is 30.5 Å². The molecule has 0 spiro atoms. The molecule has 3 N–H and O–H groups in total. The lowest BCUT2D eigenvalue weighted by Crippen LogP contribution is -2.58. The number of hydrogen-bond acceptors (Lipinski definition) is 6. The minimum atomic E-state index is -4.62. The van der Waals surface area contributed by atoms with Gasteiger partial charge in [-0.25, -0.2) is 9.97 Å². The summed E-state index contributed by atoms with van der Waals surface area (Å²) < 4.78 is 44.1. The molecule has 10 heteroatoms. The molecular weight excluding hydrogens is 445 g/mol. The molecule has 4 bridgehead atoms. The topological polar surface area (TPSA) is 79.3 Å². The van der Waals surface area contributed by atoms with Gasteiger partial charge in [-0.15, -0.1) is 0 Å². The number of benzene rings is 1. The molecule has 4 aliphatic carbocycles. The molecular formula is C22H24ClF3N4O2. The highest BCUT2D eigenvalue weighted by Gasteiger charge is 2.54. The van der Waals surface area contributed by atoms with Crippen molar-refractivity contribution in [1.29, 1.82) is 0 Å². The van der Waals surface area contributed by atoms with Crippen molar-refractivity contribution in [3.63, 3.8) is 0 Å². The molecule has 1 heterocycles. The van der Waals surface area contributed by atoms with Crippen LogP contribution in [0.5, 0.6) is 5.75 Å². The van der Waals surface area contributed by atoms with Gasteiger partial charge in [0.1, 0.15) is 16.5 Å². The van der Waals surface area contributed by atoms with Crippen molar-refractivity contribution in [2.45, 2.75) is 49.9 Å². The summed E-state index contributed by atoms with van der Waals surface area (Å²) in [5, 5.41) is 16.6. The van der Waals surface area contributed by atoms with Crippen molar-refractivity contribution >= 4 is 28.9 Å². The third-order valence-electron chi connectivity index (χ3n) is 7.07. The van der Waals surface area contributed by atoms with Crippen LogP contribution in [-0.4, -0.2) is 33.8 Å². The van der Waals surface area contributed by atoms with Gasteiger partial charge in [0.05, 0.1) is 18.4 Å². The number of alkyl halides is 3. The number of hydrogen-bond donors (Lipinski definition) is 3. The van der Waals surface area contributed by atoms with Gasteiger partial charge in [0, 0.05) is 24.0 Å². The van der Waals surface area contributed by atoms with E-state index in [9.17, 15) is 18.3 Å². The second-order valence-corrected chi connectivity index (χ2v) is 9.66. The number of nitrogens with one attached hydrogen (secondary N) is 2. The molecule has 4 aliphatic rings. The first-order chi connectivity index (χ1) is 15.1. The molecule has 4 fully saturated rings. The van der Waals surface area contributed by atoms with Crippen molar-refractivity contribution in [1.82, 2.24) is 9.97 Å². The number of rotatable bonds is 5. The fraction of sp³-hybridized carbons (Fsp3) is 0.545. The number of halogens is 4. The van der Waals surface area contributed by atoms with Crippen molar-refractivity contribution in [2.75, 3.05) is 17.7 Å². The summed E-state index contributed by atoms with van der Waals surface area (Å²) in [7, 11) is 1.52. The van der Waals surface area contributed by atoms with Crippen LogP contribution in [0, 0.1) is 17.8 Å². The Kier molecular flexibility index (Phi) is 5.16. The Bertz CT molecular complexity index is 1020. The van der Waals surface area contributed by atoms with Crippen molar-refractivity contribution in [2.24, 2.45) is 17.8 Å². The molecule has 2 aromatic rings. The molecule has 1 aromatic carbocycles. The van der Waals surface area contributed by atoms with Gasteiger partial charge in [0.15, 0.2) is 0 Å². The van der Waals surface area contributed by atoms with Gasteiger partial charge in [-0.1, -0.05) is 11.6 Å². The van der Waals surface area contributed by atoms with Gasteiger partial charge in [0.2, 0.25) is 5.95 Å². The molecule has 6 nitrogen and oxygen atoms in total. The van der Waals surface area contributed by atoms with E-state index in [0.717, 1.165) is 37.8 Å². The Balaban J connectivity index is 1.32. The number of ether oxygens (including phenoxy) is 1. The Hall–Kier alpha value is -2.26. The smallest absolute Gasteiger partial charge is 0.420 e. The fourth-order valence-electron chi connectivity index (χ4n) is 6.03. The lowest BCUT2D eigenvalue weighted by atomic mass is 9.52. The predicted molar refractivity (Wildman–Crippen MR) is 114 cm³/mol. The highest BCUT2D eigenvalue weighted by Crippen LogP contribution is 2.56. The molecule has 1 aromatic heterocycles. The molecule has 0 aliphatic heterocycles. The third kappa shape index (κ3) is 3.96. The summed E-state index contributed by atoms with van der Waals surface area (Å²) in [6.45, 7) is 0. The Morgan fingerprint density at radius 2 is 1.91 bits per heavy atom. The van der Waals surface area contributed by atoms with Crippen molar-refractivity contribution < 1.29 is 23.0 Å². The Morgan fingerprint density at radius 3 is 2.50 bits per heavy atom. The summed E-state index contributed by atoms with van der Waals surface area (Å²) >= 11 is 5.69. The molecule has 2 unspecified atom stereocenters. The van der Waals surface area contributed by atoms with Crippen LogP contribution in [0.1, 0.15) is 37.7 Å². The number of aromatic nitrogens is 2. The first-order valence-electron chi connectivity index (χ1n) is 10.7. The maximum atomic E-state index is 12.9. The van der Waals surface area contributed by atoms with Crippen LogP contribution >= 0.6 is 11.6 Å². The summed E-state index contributed by atoms with van der Waals surface area (Å²) in [4.78, 5) is 7.44. The number of nitrogens with zero attached hydrogens (tertiary/aromatic N) is 2. The lowest BCUT2D eigenvalue weighted by molar-refractivity contribution is -0.138. The monoisotopic (exact) mass is 468 g/mol. The highest BCUT2D eigenvalue weighted by molar-refractivity contribution is 6.30. The van der Waals surface area contributed by atoms with Crippen LogP contribution in [-0.2, 0) is 6.18 Å². The van der Waals surface area contributed by atoms with Crippen LogP contribution in [0.2, 0.25) is 5.15 Å². The Morgan fingerprint density at radius 1 is 1.19 bits per heavy atom. The average Bonchev–Trinajstić information content (AvgIpc) is 2.69. The van der Waals surface area contributed by atoms with Gasteiger partial charge in [0.25, 0.3) is 0 Å². The molecule has 172 valence electrons. The molecule has 0 radical (unpaired) electrons. The van der Waals surface area contributed by atoms with E-state index in [-0.39, 0.29) is 5.95 Å². The van der Waals surface area contributed by atoms with Crippen LogP contribution in [0.15, 0.2) is 24.4 Å². The SMILES string of the molecule is COc1cc(NC2C3CC4CC2CC(O)(C4)C3)ccc1Nc1ncc(C(F)(F)F)c(Cl)n1. The largest absolute Gasteiger partial charge is 0.494 e. The molecule has 6 rings (SSSR count). The van der Waals surface area contributed by atoms with E-state index < -0.39 is 22.5 Å². The molecule has 0 saturated heterocycles. The lowest BCUT2D eigenvalue weighted by Gasteiger charge is -2.58. The van der Waals surface area contributed by atoms with Gasteiger partial charge in [-0.3, -0.25) is 0 Å². The van der Waals surface area contributed by atoms with Gasteiger partial charge in [-0.05, 0) is 62.0 Å². The minimum absolute atomic E-state index is 0.0590. The van der Waals surface area contributed by atoms with Crippen LogP contribution in [0.25, 0.3) is 0 Å². The normalized spacial score (nSPS) is 30.9. The van der Waals surface area contributed by atoms with E-state index in [1.165, 1.54) is 7.11 Å². The maximum Gasteiger partial charge on any atom is 0.420 e. The van der Waals surface area contributed by atoms with Crippen LogP contribution < -0.4 is 15.4 Å². The van der Waals surface area contributed by atoms with E-state index in [2.05, 4.69) is 20.6 Å². The number of aliphatic hydroxyl groups is 1. The van der Waals surface area contributed by atoms with E-state index in [1.54, 1.807) is 6.07 Å². The highest BCUT2D eigenvalue weighted by atomic mass is 35.5. The summed E-state index contributed by atoms with van der Waals surface area (Å²) in [6.07, 6.45) is 0.977. The molecule has 2 atom stereocenters. The molecule has 0 amide bonds. The zero-order valence-electron chi connectivity index (χ0n) is 17.4. The van der Waals surface area contributed by atoms with Gasteiger partial charge in [-0.2, -0.15) is 13.2 Å². The third-order valence-corrected chi connectivity index (χ3v) is 7.36. The number of anilines is 3. The van der Waals surface area contributed by atoms with E-state index in [4.69, 9.17) is 16.3 Å². The summed E-state index contributed by atoms with van der Waals surface area (Å²) in [5.74, 6) is 1.98. The zero-order chi connectivity index (χ0) is 22.7. The Labute approximate surface area is 188 Å². The first-order valence-corrected chi connectivity index (χ1v) is 11.0. The minimum Gasteiger partial charge on any atom is -0.494 e. The zero-order valence-corrected chi connectivity index (χ0v) is 18.2. The molecule has 4 saturated carbocycles. The average molecular weight is 469 g/mol.